The van der Waals surface area contributed by atoms with E-state index in [2.05, 4.69) is 24.9 Å². The Balaban J connectivity index is 2.35. The lowest BCUT2D eigenvalue weighted by Crippen LogP contribution is -2.24. The maximum absolute atomic E-state index is 2.53. The van der Waals surface area contributed by atoms with E-state index in [1.165, 1.54) is 58.0 Å². The van der Waals surface area contributed by atoms with Crippen molar-refractivity contribution in [3.8, 4) is 0 Å². The predicted octanol–water partition coefficient (Wildman–Crippen LogP) is 3.96. The largest absolute Gasteiger partial charge is 0.377 e. The fourth-order valence-electron chi connectivity index (χ4n) is 2.04. The van der Waals surface area contributed by atoms with E-state index in [9.17, 15) is 0 Å². The van der Waals surface area contributed by atoms with Gasteiger partial charge in [0.05, 0.1) is 0 Å². The SMILES string of the molecule is CCCC/C(=C\N1CCCCC1)CC. The van der Waals surface area contributed by atoms with E-state index in [0.29, 0.717) is 0 Å². The Morgan fingerprint density at radius 1 is 1.14 bits per heavy atom. The molecule has 0 spiro atoms. The van der Waals surface area contributed by atoms with Crippen molar-refractivity contribution in [1.82, 2.24) is 4.90 Å². The number of hydrogen-bond donors (Lipinski definition) is 0. The predicted molar refractivity (Wildman–Crippen MR) is 63.3 cm³/mol. The number of rotatable bonds is 5. The smallest absolute Gasteiger partial charge is 0.0172 e. The van der Waals surface area contributed by atoms with Gasteiger partial charge in [-0.2, -0.15) is 0 Å². The van der Waals surface area contributed by atoms with Crippen LogP contribution in [0.5, 0.6) is 0 Å². The van der Waals surface area contributed by atoms with Crippen LogP contribution in [0.1, 0.15) is 58.8 Å². The molecule has 0 bridgehead atoms. The molecule has 0 amide bonds. The van der Waals surface area contributed by atoms with Crippen LogP contribution in [-0.2, 0) is 0 Å². The first-order valence-corrected chi connectivity index (χ1v) is 6.30. The summed E-state index contributed by atoms with van der Waals surface area (Å²) < 4.78 is 0. The minimum Gasteiger partial charge on any atom is -0.377 e. The van der Waals surface area contributed by atoms with Gasteiger partial charge in [-0.3, -0.25) is 0 Å². The minimum atomic E-state index is 1.23. The molecule has 1 aliphatic heterocycles. The number of nitrogens with zero attached hydrogens (tertiary/aromatic N) is 1. The maximum Gasteiger partial charge on any atom is 0.0172 e. The molecule has 82 valence electrons. The van der Waals surface area contributed by atoms with Crippen LogP contribution in [0.15, 0.2) is 11.8 Å². The van der Waals surface area contributed by atoms with Crippen molar-refractivity contribution in [2.24, 2.45) is 0 Å². The van der Waals surface area contributed by atoms with Crippen molar-refractivity contribution in [1.29, 1.82) is 0 Å². The van der Waals surface area contributed by atoms with Crippen molar-refractivity contribution < 1.29 is 0 Å². The monoisotopic (exact) mass is 195 g/mol. The van der Waals surface area contributed by atoms with Crippen LogP contribution in [0.25, 0.3) is 0 Å². The molecular weight excluding hydrogens is 170 g/mol. The van der Waals surface area contributed by atoms with Gasteiger partial charge in [-0.05, 0) is 44.7 Å². The van der Waals surface area contributed by atoms with Crippen molar-refractivity contribution in [2.45, 2.75) is 58.8 Å². The van der Waals surface area contributed by atoms with Gasteiger partial charge in [-0.15, -0.1) is 0 Å². The third kappa shape index (κ3) is 4.17. The molecule has 0 aromatic heterocycles. The Kier molecular flexibility index (Phi) is 5.74. The molecule has 1 aliphatic rings. The highest BCUT2D eigenvalue weighted by molar-refractivity contribution is 5.01. The Hall–Kier alpha value is -0.460. The summed E-state index contributed by atoms with van der Waals surface area (Å²) in [6.45, 7) is 7.13. The molecule has 0 aromatic carbocycles. The van der Waals surface area contributed by atoms with Gasteiger partial charge < -0.3 is 4.90 Å². The first-order chi connectivity index (χ1) is 6.86. The van der Waals surface area contributed by atoms with E-state index in [4.69, 9.17) is 0 Å². The van der Waals surface area contributed by atoms with E-state index in [0.717, 1.165) is 0 Å². The third-order valence-corrected chi connectivity index (χ3v) is 3.06. The first kappa shape index (κ1) is 11.6. The minimum absolute atomic E-state index is 1.23. The third-order valence-electron chi connectivity index (χ3n) is 3.06. The fraction of sp³-hybridized carbons (Fsp3) is 0.846. The van der Waals surface area contributed by atoms with E-state index in [1.54, 1.807) is 5.57 Å². The summed E-state index contributed by atoms with van der Waals surface area (Å²) in [5.74, 6) is 0. The quantitative estimate of drug-likeness (QED) is 0.642. The summed E-state index contributed by atoms with van der Waals surface area (Å²) in [5.41, 5.74) is 1.65. The van der Waals surface area contributed by atoms with Gasteiger partial charge in [0.2, 0.25) is 0 Å². The molecule has 0 aromatic rings. The van der Waals surface area contributed by atoms with Gasteiger partial charge >= 0.3 is 0 Å². The number of piperidine rings is 1. The summed E-state index contributed by atoms with van der Waals surface area (Å²) in [7, 11) is 0. The van der Waals surface area contributed by atoms with E-state index in [-0.39, 0.29) is 0 Å². The lowest BCUT2D eigenvalue weighted by molar-refractivity contribution is 0.306. The standard InChI is InChI=1S/C13H25N/c1-3-5-9-13(4-2)12-14-10-7-6-8-11-14/h12H,3-11H2,1-2H3/b13-12-. The number of likely N-dealkylation sites (tertiary alicyclic amines) is 1. The van der Waals surface area contributed by atoms with Gasteiger partial charge in [0.25, 0.3) is 0 Å². The molecule has 0 radical (unpaired) electrons. The molecule has 1 fully saturated rings. The second-order valence-corrected chi connectivity index (χ2v) is 4.34. The highest BCUT2D eigenvalue weighted by atomic mass is 15.1. The van der Waals surface area contributed by atoms with E-state index in [1.807, 2.05) is 0 Å². The van der Waals surface area contributed by atoms with Gasteiger partial charge in [0, 0.05) is 13.1 Å². The van der Waals surface area contributed by atoms with Crippen molar-refractivity contribution in [3.05, 3.63) is 11.8 Å². The number of allylic oxidation sites excluding steroid dienone is 1. The lowest BCUT2D eigenvalue weighted by Gasteiger charge is -2.26. The molecule has 1 nitrogen and oxygen atoms in total. The Morgan fingerprint density at radius 3 is 2.43 bits per heavy atom. The normalized spacial score (nSPS) is 18.7. The molecule has 1 heteroatoms. The molecule has 1 saturated heterocycles. The lowest BCUT2D eigenvalue weighted by atomic mass is 10.1. The number of hydrogen-bond acceptors (Lipinski definition) is 1. The second kappa shape index (κ2) is 6.92. The summed E-state index contributed by atoms with van der Waals surface area (Å²) in [4.78, 5) is 2.53. The van der Waals surface area contributed by atoms with Gasteiger partial charge in [-0.25, -0.2) is 0 Å². The summed E-state index contributed by atoms with van der Waals surface area (Å²) >= 11 is 0. The average molecular weight is 195 g/mol. The maximum atomic E-state index is 2.53. The van der Waals surface area contributed by atoms with Gasteiger partial charge in [-0.1, -0.05) is 25.8 Å². The van der Waals surface area contributed by atoms with Crippen LogP contribution in [0, 0.1) is 0 Å². The average Bonchev–Trinajstić information content (AvgIpc) is 2.25. The second-order valence-electron chi connectivity index (χ2n) is 4.34. The van der Waals surface area contributed by atoms with Gasteiger partial charge in [0.1, 0.15) is 0 Å². The molecule has 0 aliphatic carbocycles. The van der Waals surface area contributed by atoms with Crippen LogP contribution in [0.3, 0.4) is 0 Å². The van der Waals surface area contributed by atoms with E-state index < -0.39 is 0 Å². The molecule has 0 atom stereocenters. The first-order valence-electron chi connectivity index (χ1n) is 6.30. The Morgan fingerprint density at radius 2 is 1.86 bits per heavy atom. The van der Waals surface area contributed by atoms with Crippen molar-refractivity contribution >= 4 is 0 Å². The zero-order valence-electron chi connectivity index (χ0n) is 9.89. The van der Waals surface area contributed by atoms with Crippen LogP contribution >= 0.6 is 0 Å². The van der Waals surface area contributed by atoms with Crippen LogP contribution in [-0.4, -0.2) is 18.0 Å². The van der Waals surface area contributed by atoms with Crippen LogP contribution in [0.4, 0.5) is 0 Å². The highest BCUT2D eigenvalue weighted by Gasteiger charge is 2.06. The van der Waals surface area contributed by atoms with Crippen LogP contribution in [0.2, 0.25) is 0 Å². The summed E-state index contributed by atoms with van der Waals surface area (Å²) in [5, 5.41) is 0. The molecule has 0 saturated carbocycles. The Labute approximate surface area is 89.2 Å². The summed E-state index contributed by atoms with van der Waals surface area (Å²) in [6.07, 6.45) is 11.9. The van der Waals surface area contributed by atoms with Crippen molar-refractivity contribution in [3.63, 3.8) is 0 Å². The fourth-order valence-corrected chi connectivity index (χ4v) is 2.04. The molecule has 0 N–H and O–H groups in total. The molecular formula is C13H25N. The molecule has 0 unspecified atom stereocenters. The Bertz CT molecular complexity index is 166. The van der Waals surface area contributed by atoms with Crippen LogP contribution < -0.4 is 0 Å². The molecule has 14 heavy (non-hydrogen) atoms. The molecule has 1 heterocycles. The number of unbranched alkanes of at least 4 members (excludes halogenated alkanes) is 1. The zero-order valence-corrected chi connectivity index (χ0v) is 9.89. The van der Waals surface area contributed by atoms with Crippen molar-refractivity contribution in [2.75, 3.05) is 13.1 Å². The molecule has 1 rings (SSSR count). The van der Waals surface area contributed by atoms with Gasteiger partial charge in [0.15, 0.2) is 0 Å². The zero-order chi connectivity index (χ0) is 10.2. The highest BCUT2D eigenvalue weighted by Crippen LogP contribution is 2.15. The van der Waals surface area contributed by atoms with E-state index >= 15 is 0 Å². The summed E-state index contributed by atoms with van der Waals surface area (Å²) in [6, 6.07) is 0. The topological polar surface area (TPSA) is 3.24 Å².